The molecule has 2 rings (SSSR count). The molecule has 1 aliphatic rings. The summed E-state index contributed by atoms with van der Waals surface area (Å²) in [5.41, 5.74) is 0.885. The van der Waals surface area contributed by atoms with Gasteiger partial charge in [0.1, 0.15) is 5.75 Å². The van der Waals surface area contributed by atoms with Crippen LogP contribution in [-0.2, 0) is 6.61 Å². The summed E-state index contributed by atoms with van der Waals surface area (Å²) in [4.78, 5) is 0. The van der Waals surface area contributed by atoms with Gasteiger partial charge in [-0.15, -0.1) is 0 Å². The van der Waals surface area contributed by atoms with Gasteiger partial charge in [0, 0.05) is 5.56 Å². The molecular weight excluding hydrogens is 212 g/mol. The zero-order chi connectivity index (χ0) is 11.9. The first-order chi connectivity index (χ1) is 8.40. The third-order valence-electron chi connectivity index (χ3n) is 3.65. The van der Waals surface area contributed by atoms with E-state index < -0.39 is 0 Å². The molecule has 0 aromatic heterocycles. The Kier molecular flexibility index (Phi) is 4.87. The van der Waals surface area contributed by atoms with Gasteiger partial charge in [-0.2, -0.15) is 0 Å². The van der Waals surface area contributed by atoms with Crippen LogP contribution in [0.15, 0.2) is 24.3 Å². The number of ether oxygens (including phenoxy) is 1. The van der Waals surface area contributed by atoms with Crippen molar-refractivity contribution in [1.29, 1.82) is 0 Å². The van der Waals surface area contributed by atoms with Crippen LogP contribution in [0.4, 0.5) is 0 Å². The summed E-state index contributed by atoms with van der Waals surface area (Å²) in [6.07, 6.45) is 8.07. The van der Waals surface area contributed by atoms with Gasteiger partial charge >= 0.3 is 0 Å². The van der Waals surface area contributed by atoms with E-state index >= 15 is 0 Å². The number of aliphatic hydroxyl groups excluding tert-OH is 1. The van der Waals surface area contributed by atoms with Gasteiger partial charge in [0.25, 0.3) is 0 Å². The zero-order valence-electron chi connectivity index (χ0n) is 10.4. The molecule has 1 aromatic rings. The van der Waals surface area contributed by atoms with Crippen molar-refractivity contribution in [2.75, 3.05) is 6.61 Å². The number of hydrogen-bond acceptors (Lipinski definition) is 2. The van der Waals surface area contributed by atoms with Gasteiger partial charge in [0.05, 0.1) is 13.2 Å². The van der Waals surface area contributed by atoms with E-state index in [1.807, 2.05) is 24.3 Å². The second-order valence-electron chi connectivity index (χ2n) is 4.91. The smallest absolute Gasteiger partial charge is 0.124 e. The number of benzene rings is 1. The monoisotopic (exact) mass is 234 g/mol. The Morgan fingerprint density at radius 1 is 1.12 bits per heavy atom. The Labute approximate surface area is 104 Å². The van der Waals surface area contributed by atoms with Crippen LogP contribution in [0.2, 0.25) is 0 Å². The molecule has 1 aromatic carbocycles. The lowest BCUT2D eigenvalue weighted by Gasteiger charge is -2.21. The molecule has 94 valence electrons. The maximum absolute atomic E-state index is 9.19. The summed E-state index contributed by atoms with van der Waals surface area (Å²) in [6, 6.07) is 7.73. The molecule has 0 spiro atoms. The largest absolute Gasteiger partial charge is 0.493 e. The normalized spacial score (nSPS) is 17.0. The van der Waals surface area contributed by atoms with Gasteiger partial charge in [-0.25, -0.2) is 0 Å². The maximum Gasteiger partial charge on any atom is 0.124 e. The molecule has 1 saturated carbocycles. The molecule has 2 heteroatoms. The van der Waals surface area contributed by atoms with Gasteiger partial charge in [-0.1, -0.05) is 50.3 Å². The Morgan fingerprint density at radius 3 is 2.65 bits per heavy atom. The molecule has 0 atom stereocenters. The molecule has 0 radical (unpaired) electrons. The van der Waals surface area contributed by atoms with E-state index in [1.165, 1.54) is 32.1 Å². The van der Waals surface area contributed by atoms with Crippen LogP contribution < -0.4 is 4.74 Å². The SMILES string of the molecule is OCc1ccccc1OCCC1CCCCC1. The van der Waals surface area contributed by atoms with E-state index in [9.17, 15) is 5.11 Å². The van der Waals surface area contributed by atoms with Crippen molar-refractivity contribution < 1.29 is 9.84 Å². The molecule has 1 aliphatic carbocycles. The van der Waals surface area contributed by atoms with Crippen molar-refractivity contribution >= 4 is 0 Å². The van der Waals surface area contributed by atoms with Crippen LogP contribution in [0, 0.1) is 5.92 Å². The van der Waals surface area contributed by atoms with Crippen molar-refractivity contribution in [3.63, 3.8) is 0 Å². The molecule has 1 fully saturated rings. The van der Waals surface area contributed by atoms with Crippen LogP contribution in [0.5, 0.6) is 5.75 Å². The molecule has 0 aliphatic heterocycles. The second-order valence-corrected chi connectivity index (χ2v) is 4.91. The lowest BCUT2D eigenvalue weighted by atomic mass is 9.87. The number of aliphatic hydroxyl groups is 1. The minimum Gasteiger partial charge on any atom is -0.493 e. The first kappa shape index (κ1) is 12.4. The number of para-hydroxylation sites is 1. The lowest BCUT2D eigenvalue weighted by Crippen LogP contribution is -2.11. The molecule has 0 bridgehead atoms. The van der Waals surface area contributed by atoms with E-state index in [4.69, 9.17) is 4.74 Å². The Hall–Kier alpha value is -1.02. The molecule has 17 heavy (non-hydrogen) atoms. The lowest BCUT2D eigenvalue weighted by molar-refractivity contribution is 0.234. The summed E-state index contributed by atoms with van der Waals surface area (Å²) in [5, 5.41) is 9.19. The van der Waals surface area contributed by atoms with E-state index in [0.717, 1.165) is 30.3 Å². The molecule has 0 heterocycles. The highest BCUT2D eigenvalue weighted by Gasteiger charge is 2.13. The summed E-state index contributed by atoms with van der Waals surface area (Å²) in [6.45, 7) is 0.835. The predicted octanol–water partition coefficient (Wildman–Crippen LogP) is 3.53. The first-order valence-corrected chi connectivity index (χ1v) is 6.71. The summed E-state index contributed by atoms with van der Waals surface area (Å²) < 4.78 is 5.77. The fourth-order valence-corrected chi connectivity index (χ4v) is 2.59. The van der Waals surface area contributed by atoms with Crippen LogP contribution in [-0.4, -0.2) is 11.7 Å². The average Bonchev–Trinajstić information content (AvgIpc) is 2.40. The zero-order valence-corrected chi connectivity index (χ0v) is 10.4. The fourth-order valence-electron chi connectivity index (χ4n) is 2.59. The molecule has 0 saturated heterocycles. The van der Waals surface area contributed by atoms with Gasteiger partial charge in [-0.3, -0.25) is 0 Å². The van der Waals surface area contributed by atoms with Crippen molar-refractivity contribution in [1.82, 2.24) is 0 Å². The summed E-state index contributed by atoms with van der Waals surface area (Å²) in [7, 11) is 0. The van der Waals surface area contributed by atoms with Crippen LogP contribution >= 0.6 is 0 Å². The fraction of sp³-hybridized carbons (Fsp3) is 0.600. The standard InChI is InChI=1S/C15H22O2/c16-12-14-8-4-5-9-15(14)17-11-10-13-6-2-1-3-7-13/h4-5,8-9,13,16H,1-3,6-7,10-12H2. The molecule has 2 nitrogen and oxygen atoms in total. The van der Waals surface area contributed by atoms with E-state index in [0.29, 0.717) is 0 Å². The minimum absolute atomic E-state index is 0.0552. The highest BCUT2D eigenvalue weighted by atomic mass is 16.5. The van der Waals surface area contributed by atoms with Gasteiger partial charge in [0.2, 0.25) is 0 Å². The minimum atomic E-state index is 0.0552. The topological polar surface area (TPSA) is 29.5 Å². The van der Waals surface area contributed by atoms with E-state index in [2.05, 4.69) is 0 Å². The Morgan fingerprint density at radius 2 is 1.88 bits per heavy atom. The first-order valence-electron chi connectivity index (χ1n) is 6.71. The van der Waals surface area contributed by atoms with Gasteiger partial charge in [0.15, 0.2) is 0 Å². The highest BCUT2D eigenvalue weighted by Crippen LogP contribution is 2.26. The third-order valence-corrected chi connectivity index (χ3v) is 3.65. The highest BCUT2D eigenvalue weighted by molar-refractivity contribution is 5.32. The maximum atomic E-state index is 9.19. The predicted molar refractivity (Wildman–Crippen MR) is 69.1 cm³/mol. The van der Waals surface area contributed by atoms with Gasteiger partial charge < -0.3 is 9.84 Å². The summed E-state index contributed by atoms with van der Waals surface area (Å²) >= 11 is 0. The number of rotatable bonds is 5. The Balaban J connectivity index is 1.77. The van der Waals surface area contributed by atoms with Crippen molar-refractivity contribution in [2.24, 2.45) is 5.92 Å². The molecule has 0 unspecified atom stereocenters. The quantitative estimate of drug-likeness (QED) is 0.844. The average molecular weight is 234 g/mol. The van der Waals surface area contributed by atoms with Crippen LogP contribution in [0.25, 0.3) is 0 Å². The van der Waals surface area contributed by atoms with E-state index in [-0.39, 0.29) is 6.61 Å². The molecule has 1 N–H and O–H groups in total. The van der Waals surface area contributed by atoms with Gasteiger partial charge in [-0.05, 0) is 18.4 Å². The van der Waals surface area contributed by atoms with Crippen LogP contribution in [0.1, 0.15) is 44.1 Å². The Bertz CT molecular complexity index is 329. The molecule has 0 amide bonds. The van der Waals surface area contributed by atoms with E-state index in [1.54, 1.807) is 0 Å². The van der Waals surface area contributed by atoms with Crippen LogP contribution in [0.3, 0.4) is 0 Å². The molecular formula is C15H22O2. The summed E-state index contributed by atoms with van der Waals surface area (Å²) in [5.74, 6) is 1.69. The van der Waals surface area contributed by atoms with Crippen molar-refractivity contribution in [3.8, 4) is 5.75 Å². The third kappa shape index (κ3) is 3.74. The van der Waals surface area contributed by atoms with Crippen molar-refractivity contribution in [3.05, 3.63) is 29.8 Å². The number of hydrogen-bond donors (Lipinski definition) is 1. The second kappa shape index (κ2) is 6.65. The van der Waals surface area contributed by atoms with Crippen molar-refractivity contribution in [2.45, 2.75) is 45.1 Å².